The molecule has 1 aliphatic carbocycles. The van der Waals surface area contributed by atoms with Crippen molar-refractivity contribution in [1.82, 2.24) is 9.71 Å². The first kappa shape index (κ1) is 22.7. The second-order valence-corrected chi connectivity index (χ2v) is 11.2. The van der Waals surface area contributed by atoms with E-state index in [9.17, 15) is 9.35 Å². The highest BCUT2D eigenvalue weighted by molar-refractivity contribution is 7.90. The summed E-state index contributed by atoms with van der Waals surface area (Å²) >= 11 is -1.23. The molecular formula is C21H33N3O3S. The van der Waals surface area contributed by atoms with Gasteiger partial charge in [-0.15, -0.1) is 4.72 Å². The topological polar surface area (TPSA) is 86.3 Å². The normalized spacial score (nSPS) is 17.4. The molecule has 2 rings (SSSR count). The van der Waals surface area contributed by atoms with E-state index in [-0.39, 0.29) is 10.8 Å². The number of amides is 1. The number of hydrogen-bond acceptors (Lipinski definition) is 5. The molecule has 1 heterocycles. The van der Waals surface area contributed by atoms with E-state index in [1.165, 1.54) is 12.8 Å². The summed E-state index contributed by atoms with van der Waals surface area (Å²) in [6, 6.07) is 3.43. The van der Waals surface area contributed by atoms with Crippen LogP contribution in [0.25, 0.3) is 6.08 Å². The van der Waals surface area contributed by atoms with E-state index in [1.807, 2.05) is 54.5 Å². The van der Waals surface area contributed by atoms with Crippen molar-refractivity contribution < 1.29 is 14.1 Å². The summed E-state index contributed by atoms with van der Waals surface area (Å²) in [7, 11) is 0. The zero-order valence-electron chi connectivity index (χ0n) is 18.0. The zero-order chi connectivity index (χ0) is 21.1. The molecule has 1 unspecified atom stereocenters. The van der Waals surface area contributed by atoms with E-state index < -0.39 is 23.1 Å². The van der Waals surface area contributed by atoms with Gasteiger partial charge < -0.3 is 9.29 Å². The zero-order valence-corrected chi connectivity index (χ0v) is 18.8. The minimum absolute atomic E-state index is 0.251. The third-order valence-electron chi connectivity index (χ3n) is 4.01. The Bertz CT molecular complexity index is 719. The van der Waals surface area contributed by atoms with Crippen LogP contribution in [0.4, 0.5) is 10.6 Å². The number of carbonyl (C=O) groups excluding carboxylic acids is 1. The molecule has 7 heteroatoms. The minimum atomic E-state index is -1.23. The molecule has 0 aliphatic heterocycles. The Hall–Kier alpha value is -1.57. The van der Waals surface area contributed by atoms with Gasteiger partial charge in [0.05, 0.1) is 11.7 Å². The lowest BCUT2D eigenvalue weighted by Gasteiger charge is -2.27. The Labute approximate surface area is 171 Å². The van der Waals surface area contributed by atoms with Crippen LogP contribution in [0, 0.1) is 5.92 Å². The standard InChI is InChI=1S/C21H33N3O3S/c1-14(24-28(26)21(5,6)7)18-16(11-10-15-8-9-15)12-13-17(22-18)23-19(25)27-20(2,3)4/h10-15,24H,8-9H2,1-7H3,(H,22,23,25)/b11-10+/t14-,28?/m1/s1. The van der Waals surface area contributed by atoms with Gasteiger partial charge >= 0.3 is 6.09 Å². The molecule has 0 saturated heterocycles. The summed E-state index contributed by atoms with van der Waals surface area (Å²) in [5, 5.41) is 2.68. The monoisotopic (exact) mass is 407 g/mol. The summed E-state index contributed by atoms with van der Waals surface area (Å²) in [5.41, 5.74) is 1.11. The van der Waals surface area contributed by atoms with Gasteiger partial charge in [0.25, 0.3) is 0 Å². The molecule has 1 aromatic heterocycles. The second kappa shape index (κ2) is 8.84. The number of pyridine rings is 1. The van der Waals surface area contributed by atoms with E-state index in [2.05, 4.69) is 27.2 Å². The van der Waals surface area contributed by atoms with Crippen LogP contribution in [0.3, 0.4) is 0 Å². The number of ether oxygens (including phenoxy) is 1. The van der Waals surface area contributed by atoms with E-state index in [0.29, 0.717) is 11.7 Å². The van der Waals surface area contributed by atoms with Crippen molar-refractivity contribution in [2.45, 2.75) is 77.7 Å². The molecule has 1 saturated carbocycles. The molecule has 0 aromatic carbocycles. The van der Waals surface area contributed by atoms with Gasteiger partial charge in [0.2, 0.25) is 0 Å². The fourth-order valence-electron chi connectivity index (χ4n) is 2.37. The lowest BCUT2D eigenvalue weighted by molar-refractivity contribution is 0.0635. The third-order valence-corrected chi connectivity index (χ3v) is 5.69. The maximum Gasteiger partial charge on any atom is 0.413 e. The molecule has 2 atom stereocenters. The Balaban J connectivity index is 2.23. The summed E-state index contributed by atoms with van der Waals surface area (Å²) in [6.45, 7) is 13.1. The lowest BCUT2D eigenvalue weighted by Crippen LogP contribution is -2.40. The van der Waals surface area contributed by atoms with Crippen LogP contribution in [0.15, 0.2) is 18.2 Å². The number of rotatable bonds is 6. The highest BCUT2D eigenvalue weighted by Crippen LogP contribution is 2.32. The lowest BCUT2D eigenvalue weighted by atomic mass is 10.1. The number of carbonyl (C=O) groups is 1. The number of nitrogens with one attached hydrogen (secondary N) is 2. The fourth-order valence-corrected chi connectivity index (χ4v) is 3.16. The first-order valence-corrected chi connectivity index (χ1v) is 10.9. The van der Waals surface area contributed by atoms with E-state index in [0.717, 1.165) is 11.3 Å². The number of hydrogen-bond donors (Lipinski definition) is 2. The molecule has 6 nitrogen and oxygen atoms in total. The van der Waals surface area contributed by atoms with Gasteiger partial charge in [-0.3, -0.25) is 5.32 Å². The molecular weight excluding hydrogens is 374 g/mol. The number of anilines is 1. The SMILES string of the molecule is C[C@@H](N[S+]([O-])C(C)(C)C)c1nc(NC(=O)OC(C)(C)C)ccc1/C=C/C1CC1. The molecule has 28 heavy (non-hydrogen) atoms. The highest BCUT2D eigenvalue weighted by Gasteiger charge is 2.29. The number of allylic oxidation sites excluding steroid dienone is 1. The first-order valence-electron chi connectivity index (χ1n) is 9.72. The van der Waals surface area contributed by atoms with Gasteiger partial charge in [-0.2, -0.15) is 0 Å². The van der Waals surface area contributed by atoms with Gasteiger partial charge in [-0.25, -0.2) is 9.78 Å². The van der Waals surface area contributed by atoms with Crippen LogP contribution in [0.2, 0.25) is 0 Å². The molecule has 0 radical (unpaired) electrons. The maximum absolute atomic E-state index is 12.5. The van der Waals surface area contributed by atoms with Crippen LogP contribution in [0.5, 0.6) is 0 Å². The summed E-state index contributed by atoms with van der Waals surface area (Å²) < 4.78 is 20.6. The van der Waals surface area contributed by atoms with Gasteiger partial charge in [0.1, 0.15) is 16.2 Å². The van der Waals surface area contributed by atoms with Crippen molar-refractivity contribution in [3.63, 3.8) is 0 Å². The second-order valence-electron chi connectivity index (χ2n) is 9.22. The van der Waals surface area contributed by atoms with Crippen LogP contribution >= 0.6 is 0 Å². The molecule has 0 bridgehead atoms. The van der Waals surface area contributed by atoms with Crippen molar-refractivity contribution in [1.29, 1.82) is 0 Å². The van der Waals surface area contributed by atoms with E-state index in [1.54, 1.807) is 6.07 Å². The molecule has 0 spiro atoms. The Kier molecular flexibility index (Phi) is 7.17. The maximum atomic E-state index is 12.5. The number of nitrogens with zero attached hydrogens (tertiary/aromatic N) is 1. The highest BCUT2D eigenvalue weighted by atomic mass is 32.2. The molecule has 1 amide bonds. The predicted octanol–water partition coefficient (Wildman–Crippen LogP) is 4.96. The van der Waals surface area contributed by atoms with Crippen LogP contribution in [0.1, 0.15) is 78.6 Å². The molecule has 1 aromatic rings. The molecule has 2 N–H and O–H groups in total. The van der Waals surface area contributed by atoms with Gasteiger partial charge in [-0.1, -0.05) is 12.2 Å². The van der Waals surface area contributed by atoms with E-state index >= 15 is 0 Å². The summed E-state index contributed by atoms with van der Waals surface area (Å²) in [5.74, 6) is 1.04. The fraction of sp³-hybridized carbons (Fsp3) is 0.619. The Morgan fingerprint density at radius 3 is 2.46 bits per heavy atom. The van der Waals surface area contributed by atoms with Crippen LogP contribution < -0.4 is 10.0 Å². The van der Waals surface area contributed by atoms with Gasteiger partial charge in [0, 0.05) is 11.4 Å². The number of aromatic nitrogens is 1. The minimum Gasteiger partial charge on any atom is -0.598 e. The van der Waals surface area contributed by atoms with Gasteiger partial charge in [-0.05, 0) is 84.9 Å². The average Bonchev–Trinajstić information content (AvgIpc) is 3.34. The molecule has 1 aliphatic rings. The van der Waals surface area contributed by atoms with Crippen molar-refractivity contribution in [2.24, 2.45) is 5.92 Å². The Morgan fingerprint density at radius 2 is 1.93 bits per heavy atom. The van der Waals surface area contributed by atoms with Crippen molar-refractivity contribution in [3.05, 3.63) is 29.5 Å². The van der Waals surface area contributed by atoms with Crippen molar-refractivity contribution in [3.8, 4) is 0 Å². The smallest absolute Gasteiger partial charge is 0.413 e. The van der Waals surface area contributed by atoms with Gasteiger partial charge in [0.15, 0.2) is 0 Å². The predicted molar refractivity (Wildman–Crippen MR) is 115 cm³/mol. The third kappa shape index (κ3) is 7.45. The van der Waals surface area contributed by atoms with Crippen molar-refractivity contribution >= 4 is 29.3 Å². The Morgan fingerprint density at radius 1 is 1.29 bits per heavy atom. The van der Waals surface area contributed by atoms with Crippen LogP contribution in [-0.4, -0.2) is 26.0 Å². The van der Waals surface area contributed by atoms with Crippen LogP contribution in [-0.2, 0) is 16.1 Å². The summed E-state index contributed by atoms with van der Waals surface area (Å²) in [4.78, 5) is 16.7. The molecule has 156 valence electrons. The molecule has 1 fully saturated rings. The largest absolute Gasteiger partial charge is 0.598 e. The van der Waals surface area contributed by atoms with Crippen molar-refractivity contribution in [2.75, 3.05) is 5.32 Å². The average molecular weight is 408 g/mol. The van der Waals surface area contributed by atoms with E-state index in [4.69, 9.17) is 4.74 Å². The first-order chi connectivity index (χ1) is 12.8. The summed E-state index contributed by atoms with van der Waals surface area (Å²) in [6.07, 6.45) is 6.15. The quantitative estimate of drug-likeness (QED) is 0.651.